The van der Waals surface area contributed by atoms with Gasteiger partial charge in [0.15, 0.2) is 0 Å². The maximum Gasteiger partial charge on any atom is 0.327 e. The smallest absolute Gasteiger partial charge is 0.311 e. The van der Waals surface area contributed by atoms with E-state index in [1.165, 1.54) is 11.5 Å². The first kappa shape index (κ1) is 17.0. The largest absolute Gasteiger partial charge is 0.327 e. The van der Waals surface area contributed by atoms with Gasteiger partial charge < -0.3 is 4.90 Å². The van der Waals surface area contributed by atoms with E-state index in [0.717, 1.165) is 29.1 Å². The summed E-state index contributed by atoms with van der Waals surface area (Å²) in [6, 6.07) is 0.467. The van der Waals surface area contributed by atoms with E-state index in [1.807, 2.05) is 15.9 Å². The van der Waals surface area contributed by atoms with Crippen LogP contribution in [-0.2, 0) is 6.42 Å². The van der Waals surface area contributed by atoms with E-state index in [4.69, 9.17) is 0 Å². The van der Waals surface area contributed by atoms with Gasteiger partial charge in [0.05, 0.1) is 19.0 Å². The van der Waals surface area contributed by atoms with Crippen molar-refractivity contribution in [1.82, 2.24) is 14.2 Å². The minimum atomic E-state index is 0.0770. The summed E-state index contributed by atoms with van der Waals surface area (Å²) >= 11 is 1.43. The zero-order chi connectivity index (χ0) is 16.3. The topological polar surface area (TPSA) is 39.7 Å². The molecule has 2 amide bonds. The summed E-state index contributed by atoms with van der Waals surface area (Å²) in [4.78, 5) is 18.9. The highest BCUT2D eigenvalue weighted by Gasteiger charge is 2.33. The average Bonchev–Trinajstić information content (AvgIpc) is 2.86. The Bertz CT molecular complexity index is 540. The number of rotatable bonds is 6. The van der Waals surface area contributed by atoms with Crippen LogP contribution >= 0.6 is 11.5 Å². The molecule has 1 saturated heterocycles. The molecular formula is C16H26N4OS. The first-order valence-electron chi connectivity index (χ1n) is 7.86. The molecule has 2 heterocycles. The Balaban J connectivity index is 2.28. The van der Waals surface area contributed by atoms with Crippen LogP contribution < -0.4 is 4.90 Å². The van der Waals surface area contributed by atoms with E-state index in [0.29, 0.717) is 25.9 Å². The van der Waals surface area contributed by atoms with Crippen molar-refractivity contribution in [3.05, 3.63) is 23.9 Å². The molecule has 1 aliphatic rings. The molecule has 0 saturated carbocycles. The maximum absolute atomic E-state index is 12.8. The molecule has 0 radical (unpaired) electrons. The monoisotopic (exact) mass is 322 g/mol. The lowest BCUT2D eigenvalue weighted by atomic mass is 10.2. The summed E-state index contributed by atoms with van der Waals surface area (Å²) in [7, 11) is 0. The van der Waals surface area contributed by atoms with Crippen molar-refractivity contribution in [2.75, 3.05) is 24.8 Å². The third-order valence-corrected chi connectivity index (χ3v) is 5.10. The molecule has 0 atom stereocenters. The number of aryl methyl sites for hydroxylation is 1. The Hall–Kier alpha value is -1.40. The molecule has 6 heteroatoms. The Labute approximate surface area is 137 Å². The van der Waals surface area contributed by atoms with Gasteiger partial charge in [-0.2, -0.15) is 4.37 Å². The zero-order valence-electron chi connectivity index (χ0n) is 14.0. The van der Waals surface area contributed by atoms with Crippen molar-refractivity contribution in [1.29, 1.82) is 0 Å². The number of anilines is 1. The van der Waals surface area contributed by atoms with E-state index < -0.39 is 0 Å². The fraction of sp³-hybridized carbons (Fsp3) is 0.625. The summed E-state index contributed by atoms with van der Waals surface area (Å²) in [5.74, 6) is 0. The second-order valence-electron chi connectivity index (χ2n) is 5.93. The van der Waals surface area contributed by atoms with Gasteiger partial charge in [-0.1, -0.05) is 13.0 Å². The predicted molar refractivity (Wildman–Crippen MR) is 92.3 cm³/mol. The fourth-order valence-electron chi connectivity index (χ4n) is 2.57. The molecule has 0 N–H and O–H groups in total. The summed E-state index contributed by atoms with van der Waals surface area (Å²) < 4.78 is 4.50. The molecular weight excluding hydrogens is 296 g/mol. The van der Waals surface area contributed by atoms with Crippen molar-refractivity contribution >= 4 is 22.6 Å². The standard InChI is InChI=1S/C16H26N4OS/c1-6-8-9-18-10-19(12(3)4)11-20(16(18)21)15-13(5)14(7-2)17-22-15/h6,12H,1,7-11H2,2-5H3. The second kappa shape index (κ2) is 7.24. The van der Waals surface area contributed by atoms with Crippen molar-refractivity contribution in [2.45, 2.75) is 46.6 Å². The van der Waals surface area contributed by atoms with Crippen LogP contribution in [0.3, 0.4) is 0 Å². The fourth-order valence-corrected chi connectivity index (χ4v) is 3.52. The minimum absolute atomic E-state index is 0.0770. The lowest BCUT2D eigenvalue weighted by Crippen LogP contribution is -2.59. The molecule has 5 nitrogen and oxygen atoms in total. The Morgan fingerprint density at radius 2 is 2.14 bits per heavy atom. The first-order valence-corrected chi connectivity index (χ1v) is 8.63. The van der Waals surface area contributed by atoms with Crippen LogP contribution in [0.25, 0.3) is 0 Å². The quantitative estimate of drug-likeness (QED) is 0.753. The Kier molecular flexibility index (Phi) is 5.58. The van der Waals surface area contributed by atoms with Crippen LogP contribution in [0.5, 0.6) is 0 Å². The number of hydrogen-bond donors (Lipinski definition) is 0. The summed E-state index contributed by atoms with van der Waals surface area (Å²) in [5.41, 5.74) is 2.22. The van der Waals surface area contributed by atoms with Crippen LogP contribution in [0.15, 0.2) is 12.7 Å². The molecule has 1 aliphatic heterocycles. The third-order valence-electron chi connectivity index (χ3n) is 4.09. The van der Waals surface area contributed by atoms with Crippen LogP contribution in [0.4, 0.5) is 9.80 Å². The number of carbonyl (C=O) groups excluding carboxylic acids is 1. The minimum Gasteiger partial charge on any atom is -0.311 e. The first-order chi connectivity index (χ1) is 10.5. The molecule has 0 spiro atoms. The molecule has 1 fully saturated rings. The lowest BCUT2D eigenvalue weighted by Gasteiger charge is -2.43. The van der Waals surface area contributed by atoms with Crippen molar-refractivity contribution in [3.8, 4) is 0 Å². The summed E-state index contributed by atoms with van der Waals surface area (Å²) in [6.07, 6.45) is 3.57. The van der Waals surface area contributed by atoms with Crippen LogP contribution in [0.2, 0.25) is 0 Å². The van der Waals surface area contributed by atoms with Gasteiger partial charge in [-0.15, -0.1) is 6.58 Å². The molecule has 1 aromatic heterocycles. The van der Waals surface area contributed by atoms with Gasteiger partial charge in [0.1, 0.15) is 5.00 Å². The number of carbonyl (C=O) groups is 1. The Morgan fingerprint density at radius 1 is 1.41 bits per heavy atom. The highest BCUT2D eigenvalue weighted by molar-refractivity contribution is 7.10. The number of nitrogens with zero attached hydrogens (tertiary/aromatic N) is 4. The molecule has 1 aromatic rings. The SMILES string of the molecule is C=CCCN1CN(C(C)C)CN(c2snc(CC)c2C)C1=O. The van der Waals surface area contributed by atoms with E-state index in [2.05, 4.69) is 43.5 Å². The maximum atomic E-state index is 12.8. The number of aromatic nitrogens is 1. The van der Waals surface area contributed by atoms with E-state index in [1.54, 1.807) is 0 Å². The van der Waals surface area contributed by atoms with Crippen molar-refractivity contribution in [3.63, 3.8) is 0 Å². The highest BCUT2D eigenvalue weighted by atomic mass is 32.1. The third kappa shape index (κ3) is 3.33. The lowest BCUT2D eigenvalue weighted by molar-refractivity contribution is 0.0953. The van der Waals surface area contributed by atoms with Gasteiger partial charge in [0.2, 0.25) is 0 Å². The summed E-state index contributed by atoms with van der Waals surface area (Å²) in [5, 5.41) is 0.982. The van der Waals surface area contributed by atoms with Crippen molar-refractivity contribution < 1.29 is 4.79 Å². The van der Waals surface area contributed by atoms with Crippen LogP contribution in [-0.4, -0.2) is 46.1 Å². The second-order valence-corrected chi connectivity index (χ2v) is 6.68. The Morgan fingerprint density at radius 3 is 2.68 bits per heavy atom. The van der Waals surface area contributed by atoms with E-state index >= 15 is 0 Å². The van der Waals surface area contributed by atoms with E-state index in [-0.39, 0.29) is 6.03 Å². The van der Waals surface area contributed by atoms with E-state index in [9.17, 15) is 4.79 Å². The predicted octanol–water partition coefficient (Wildman–Crippen LogP) is 3.46. The average molecular weight is 322 g/mol. The van der Waals surface area contributed by atoms with Crippen LogP contribution in [0, 0.1) is 6.92 Å². The van der Waals surface area contributed by atoms with Gasteiger partial charge >= 0.3 is 6.03 Å². The molecule has 122 valence electrons. The molecule has 0 bridgehead atoms. The molecule has 22 heavy (non-hydrogen) atoms. The zero-order valence-corrected chi connectivity index (χ0v) is 14.8. The molecule has 0 aromatic carbocycles. The van der Waals surface area contributed by atoms with Gasteiger partial charge in [-0.3, -0.25) is 9.80 Å². The molecule has 2 rings (SSSR count). The highest BCUT2D eigenvalue weighted by Crippen LogP contribution is 2.31. The normalized spacial score (nSPS) is 16.7. The van der Waals surface area contributed by atoms with Gasteiger partial charge in [-0.05, 0) is 45.1 Å². The van der Waals surface area contributed by atoms with Crippen LogP contribution in [0.1, 0.15) is 38.4 Å². The number of urea groups is 1. The number of amides is 2. The number of hydrogen-bond acceptors (Lipinski definition) is 4. The van der Waals surface area contributed by atoms with Crippen molar-refractivity contribution in [2.24, 2.45) is 0 Å². The molecule has 0 aliphatic carbocycles. The van der Waals surface area contributed by atoms with Gasteiger partial charge in [0, 0.05) is 18.2 Å². The summed E-state index contributed by atoms with van der Waals surface area (Å²) in [6.45, 7) is 14.3. The van der Waals surface area contributed by atoms with Gasteiger partial charge in [-0.25, -0.2) is 4.79 Å². The van der Waals surface area contributed by atoms with Gasteiger partial charge in [0.25, 0.3) is 0 Å². The molecule has 0 unspecified atom stereocenters.